The monoisotopic (exact) mass is 247 g/mol. The Morgan fingerprint density at radius 1 is 0.944 bits per heavy atom. The Labute approximate surface area is 105 Å². The smallest absolute Gasteiger partial charge is 0.129 e. The first kappa shape index (κ1) is 12.7. The molecule has 1 atom stereocenters. The molecule has 2 N–H and O–H groups in total. The van der Waals surface area contributed by atoms with E-state index in [9.17, 15) is 8.78 Å². The van der Waals surface area contributed by atoms with Crippen LogP contribution in [0.5, 0.6) is 0 Å². The van der Waals surface area contributed by atoms with Gasteiger partial charge in [-0.15, -0.1) is 0 Å². The molecule has 0 spiro atoms. The Morgan fingerprint density at radius 2 is 1.56 bits per heavy atom. The van der Waals surface area contributed by atoms with Gasteiger partial charge in [-0.25, -0.2) is 8.78 Å². The van der Waals surface area contributed by atoms with E-state index in [2.05, 4.69) is 0 Å². The molecule has 0 saturated carbocycles. The van der Waals surface area contributed by atoms with Crippen molar-refractivity contribution in [3.63, 3.8) is 0 Å². The van der Waals surface area contributed by atoms with Gasteiger partial charge in [0.2, 0.25) is 0 Å². The number of nitrogens with two attached hydrogens (primary N) is 1. The summed E-state index contributed by atoms with van der Waals surface area (Å²) in [5.41, 5.74) is 8.66. The fourth-order valence-corrected chi connectivity index (χ4v) is 2.05. The van der Waals surface area contributed by atoms with Gasteiger partial charge in [0.15, 0.2) is 0 Å². The summed E-state index contributed by atoms with van der Waals surface area (Å²) in [6, 6.07) is 9.13. The standard InChI is InChI=1S/C15H15F2N/c1-9-6-12(7-10(2)14(9)17)15(18)11-4-3-5-13(16)8-11/h3-8,15H,18H2,1-2H3. The van der Waals surface area contributed by atoms with E-state index in [0.717, 1.165) is 5.56 Å². The lowest BCUT2D eigenvalue weighted by Crippen LogP contribution is -2.13. The lowest BCUT2D eigenvalue weighted by Gasteiger charge is -2.15. The average molecular weight is 247 g/mol. The molecule has 0 aliphatic rings. The van der Waals surface area contributed by atoms with Gasteiger partial charge in [0, 0.05) is 0 Å². The van der Waals surface area contributed by atoms with Gasteiger partial charge in [0.1, 0.15) is 11.6 Å². The molecule has 0 aliphatic carbocycles. The molecule has 0 aromatic heterocycles. The first-order chi connectivity index (χ1) is 8.49. The molecule has 2 rings (SSSR count). The van der Waals surface area contributed by atoms with E-state index in [1.807, 2.05) is 0 Å². The van der Waals surface area contributed by atoms with Crippen LogP contribution >= 0.6 is 0 Å². The van der Waals surface area contributed by atoms with Crippen LogP contribution in [-0.2, 0) is 0 Å². The van der Waals surface area contributed by atoms with Crippen LogP contribution in [0.1, 0.15) is 28.3 Å². The van der Waals surface area contributed by atoms with Crippen LogP contribution in [0.3, 0.4) is 0 Å². The van der Waals surface area contributed by atoms with Crippen LogP contribution < -0.4 is 5.73 Å². The summed E-state index contributed by atoms with van der Waals surface area (Å²) < 4.78 is 26.7. The minimum absolute atomic E-state index is 0.217. The van der Waals surface area contributed by atoms with Gasteiger partial charge >= 0.3 is 0 Å². The molecular formula is C15H15F2N. The van der Waals surface area contributed by atoms with Crippen LogP contribution in [0.25, 0.3) is 0 Å². The highest BCUT2D eigenvalue weighted by Crippen LogP contribution is 2.24. The molecule has 18 heavy (non-hydrogen) atoms. The maximum absolute atomic E-state index is 13.5. The highest BCUT2D eigenvalue weighted by atomic mass is 19.1. The van der Waals surface area contributed by atoms with E-state index in [1.165, 1.54) is 12.1 Å². The third-order valence-electron chi connectivity index (χ3n) is 3.03. The second-order valence-corrected chi connectivity index (χ2v) is 4.50. The largest absolute Gasteiger partial charge is 0.320 e. The van der Waals surface area contributed by atoms with E-state index >= 15 is 0 Å². The van der Waals surface area contributed by atoms with Crippen molar-refractivity contribution in [1.29, 1.82) is 0 Å². The first-order valence-electron chi connectivity index (χ1n) is 5.76. The van der Waals surface area contributed by atoms with Crippen molar-refractivity contribution in [1.82, 2.24) is 0 Å². The van der Waals surface area contributed by atoms with Crippen LogP contribution in [0.4, 0.5) is 8.78 Å². The summed E-state index contributed by atoms with van der Waals surface area (Å²) in [4.78, 5) is 0. The number of benzene rings is 2. The van der Waals surface area contributed by atoms with Gasteiger partial charge in [-0.1, -0.05) is 24.3 Å². The van der Waals surface area contributed by atoms with Crippen molar-refractivity contribution in [3.05, 3.63) is 70.3 Å². The summed E-state index contributed by atoms with van der Waals surface area (Å²) in [5, 5.41) is 0. The Morgan fingerprint density at radius 3 is 2.11 bits per heavy atom. The number of halogens is 2. The summed E-state index contributed by atoms with van der Waals surface area (Å²) in [6.07, 6.45) is 0. The molecule has 0 radical (unpaired) electrons. The lowest BCUT2D eigenvalue weighted by molar-refractivity contribution is 0.606. The van der Waals surface area contributed by atoms with Crippen molar-refractivity contribution in [2.45, 2.75) is 19.9 Å². The molecule has 0 aliphatic heterocycles. The average Bonchev–Trinajstić information content (AvgIpc) is 2.34. The minimum Gasteiger partial charge on any atom is -0.320 e. The Kier molecular flexibility index (Phi) is 3.43. The molecule has 0 fully saturated rings. The van der Waals surface area contributed by atoms with E-state index in [-0.39, 0.29) is 11.6 Å². The predicted octanol–water partition coefficient (Wildman–Crippen LogP) is 3.63. The fourth-order valence-electron chi connectivity index (χ4n) is 2.05. The maximum Gasteiger partial charge on any atom is 0.129 e. The topological polar surface area (TPSA) is 26.0 Å². The maximum atomic E-state index is 13.5. The molecule has 0 amide bonds. The lowest BCUT2D eigenvalue weighted by atomic mass is 9.96. The zero-order valence-electron chi connectivity index (χ0n) is 10.4. The number of rotatable bonds is 2. The van der Waals surface area contributed by atoms with E-state index in [4.69, 9.17) is 5.73 Å². The van der Waals surface area contributed by atoms with Gasteiger partial charge in [-0.3, -0.25) is 0 Å². The quantitative estimate of drug-likeness (QED) is 0.861. The molecule has 94 valence electrons. The van der Waals surface area contributed by atoms with E-state index in [0.29, 0.717) is 16.7 Å². The van der Waals surface area contributed by atoms with Crippen molar-refractivity contribution < 1.29 is 8.78 Å². The Hall–Kier alpha value is -1.74. The first-order valence-corrected chi connectivity index (χ1v) is 5.76. The van der Waals surface area contributed by atoms with Crippen LogP contribution in [0, 0.1) is 25.5 Å². The van der Waals surface area contributed by atoms with Gasteiger partial charge in [-0.05, 0) is 48.2 Å². The molecule has 0 saturated heterocycles. The molecule has 2 aromatic rings. The van der Waals surface area contributed by atoms with Gasteiger partial charge in [0.05, 0.1) is 6.04 Å². The van der Waals surface area contributed by atoms with Crippen LogP contribution in [-0.4, -0.2) is 0 Å². The zero-order chi connectivity index (χ0) is 13.3. The highest BCUT2D eigenvalue weighted by molar-refractivity contribution is 5.37. The van der Waals surface area contributed by atoms with Gasteiger partial charge in [0.25, 0.3) is 0 Å². The van der Waals surface area contributed by atoms with Gasteiger partial charge < -0.3 is 5.73 Å². The third-order valence-corrected chi connectivity index (χ3v) is 3.03. The molecular weight excluding hydrogens is 232 g/mol. The van der Waals surface area contributed by atoms with Crippen LogP contribution in [0.15, 0.2) is 36.4 Å². The highest BCUT2D eigenvalue weighted by Gasteiger charge is 2.12. The van der Waals surface area contributed by atoms with E-state index < -0.39 is 6.04 Å². The van der Waals surface area contributed by atoms with Crippen molar-refractivity contribution in [3.8, 4) is 0 Å². The summed E-state index contributed by atoms with van der Waals surface area (Å²) in [7, 11) is 0. The predicted molar refractivity (Wildman–Crippen MR) is 68.3 cm³/mol. The third kappa shape index (κ3) is 2.41. The van der Waals surface area contributed by atoms with Crippen molar-refractivity contribution in [2.75, 3.05) is 0 Å². The number of aryl methyl sites for hydroxylation is 2. The molecule has 3 heteroatoms. The molecule has 1 nitrogen and oxygen atoms in total. The molecule has 1 unspecified atom stereocenters. The fraction of sp³-hybridized carbons (Fsp3) is 0.200. The minimum atomic E-state index is -0.446. The van der Waals surface area contributed by atoms with Crippen molar-refractivity contribution in [2.24, 2.45) is 5.73 Å². The second kappa shape index (κ2) is 4.86. The van der Waals surface area contributed by atoms with Crippen LogP contribution in [0.2, 0.25) is 0 Å². The molecule has 0 heterocycles. The number of hydrogen-bond donors (Lipinski definition) is 1. The van der Waals surface area contributed by atoms with E-state index in [1.54, 1.807) is 38.1 Å². The molecule has 2 aromatic carbocycles. The summed E-state index contributed by atoms with van der Waals surface area (Å²) in [5.74, 6) is -0.538. The SMILES string of the molecule is Cc1cc(C(N)c2cccc(F)c2)cc(C)c1F. The zero-order valence-corrected chi connectivity index (χ0v) is 10.4. The Bertz CT molecular complexity index is 555. The Balaban J connectivity index is 2.43. The summed E-state index contributed by atoms with van der Waals surface area (Å²) in [6.45, 7) is 3.40. The molecule has 0 bridgehead atoms. The second-order valence-electron chi connectivity index (χ2n) is 4.50. The normalized spacial score (nSPS) is 12.5. The van der Waals surface area contributed by atoms with Crippen molar-refractivity contribution >= 4 is 0 Å². The summed E-state index contributed by atoms with van der Waals surface area (Å²) >= 11 is 0. The van der Waals surface area contributed by atoms with Gasteiger partial charge in [-0.2, -0.15) is 0 Å². The number of hydrogen-bond acceptors (Lipinski definition) is 1.